The van der Waals surface area contributed by atoms with Crippen molar-refractivity contribution in [1.29, 1.82) is 0 Å². The summed E-state index contributed by atoms with van der Waals surface area (Å²) >= 11 is 0. The highest BCUT2D eigenvalue weighted by atomic mass is 16.1. The van der Waals surface area contributed by atoms with Crippen LogP contribution in [0.25, 0.3) is 0 Å². The van der Waals surface area contributed by atoms with E-state index < -0.39 is 0 Å². The Morgan fingerprint density at radius 3 is 2.90 bits per heavy atom. The zero-order valence-electron chi connectivity index (χ0n) is 11.7. The molecule has 0 aliphatic carbocycles. The Kier molecular flexibility index (Phi) is 4.37. The normalized spacial score (nSPS) is 10.3. The first kappa shape index (κ1) is 14.1. The zero-order chi connectivity index (χ0) is 14.5. The molecule has 1 heterocycles. The number of nitrogens with two attached hydrogens (primary N) is 1. The molecule has 1 aromatic heterocycles. The number of anilines is 1. The Morgan fingerprint density at radius 1 is 1.45 bits per heavy atom. The minimum absolute atomic E-state index is 0.137. The molecule has 106 valence electrons. The number of nitrogen functional groups attached to an aromatic ring is 1. The molecule has 0 saturated carbocycles. The topological polar surface area (TPSA) is 85.0 Å². The molecule has 0 atom stereocenters. The van der Waals surface area contributed by atoms with Gasteiger partial charge in [0.2, 0.25) is 0 Å². The highest BCUT2D eigenvalue weighted by Gasteiger charge is 2.10. The van der Waals surface area contributed by atoms with Gasteiger partial charge in [0, 0.05) is 19.8 Å². The first-order chi connectivity index (χ1) is 9.60. The van der Waals surface area contributed by atoms with Crippen LogP contribution in [0.4, 0.5) is 5.69 Å². The quantitative estimate of drug-likeness (QED) is 0.560. The Bertz CT molecular complexity index is 605. The average Bonchev–Trinajstić information content (AvgIpc) is 2.84. The standard InChI is InChI=1S/C14H19N5O/c1-10-3-4-12(13(7-10)18-15)14(20)16-6-5-11-8-17-19(2)9-11/h3-4,7-9,18H,5-6,15H2,1-2H3,(H,16,20). The van der Waals surface area contributed by atoms with Crippen LogP contribution < -0.4 is 16.6 Å². The number of carbonyl (C=O) groups excluding carboxylic acids is 1. The van der Waals surface area contributed by atoms with E-state index in [9.17, 15) is 4.79 Å². The summed E-state index contributed by atoms with van der Waals surface area (Å²) in [5.41, 5.74) is 5.87. The first-order valence-corrected chi connectivity index (χ1v) is 6.43. The Morgan fingerprint density at radius 2 is 2.25 bits per heavy atom. The minimum Gasteiger partial charge on any atom is -0.352 e. The number of amides is 1. The highest BCUT2D eigenvalue weighted by Crippen LogP contribution is 2.16. The average molecular weight is 273 g/mol. The third-order valence-corrected chi connectivity index (χ3v) is 3.03. The molecule has 0 radical (unpaired) electrons. The molecule has 4 N–H and O–H groups in total. The van der Waals surface area contributed by atoms with Crippen molar-refractivity contribution in [3.63, 3.8) is 0 Å². The van der Waals surface area contributed by atoms with Gasteiger partial charge in [-0.2, -0.15) is 5.10 Å². The van der Waals surface area contributed by atoms with E-state index in [0.29, 0.717) is 17.8 Å². The van der Waals surface area contributed by atoms with Crippen molar-refractivity contribution in [3.05, 3.63) is 47.3 Å². The van der Waals surface area contributed by atoms with Crippen LogP contribution in [0, 0.1) is 6.92 Å². The van der Waals surface area contributed by atoms with Crippen molar-refractivity contribution >= 4 is 11.6 Å². The molecule has 2 aromatic rings. The van der Waals surface area contributed by atoms with E-state index in [2.05, 4.69) is 15.8 Å². The number of nitrogens with zero attached hydrogens (tertiary/aromatic N) is 2. The molecule has 0 saturated heterocycles. The number of hydrazine groups is 1. The van der Waals surface area contributed by atoms with Crippen molar-refractivity contribution in [2.24, 2.45) is 12.9 Å². The van der Waals surface area contributed by atoms with Crippen LogP contribution in [0.2, 0.25) is 0 Å². The second-order valence-electron chi connectivity index (χ2n) is 4.72. The van der Waals surface area contributed by atoms with Crippen LogP contribution >= 0.6 is 0 Å². The van der Waals surface area contributed by atoms with Gasteiger partial charge < -0.3 is 10.7 Å². The number of aryl methyl sites for hydroxylation is 2. The second-order valence-corrected chi connectivity index (χ2v) is 4.72. The molecule has 6 nitrogen and oxygen atoms in total. The largest absolute Gasteiger partial charge is 0.352 e. The number of hydrogen-bond donors (Lipinski definition) is 3. The summed E-state index contributed by atoms with van der Waals surface area (Å²) in [7, 11) is 1.87. The van der Waals surface area contributed by atoms with Crippen LogP contribution in [0.15, 0.2) is 30.6 Å². The van der Waals surface area contributed by atoms with E-state index in [1.165, 1.54) is 0 Å². The summed E-state index contributed by atoms with van der Waals surface area (Å²) in [6.07, 6.45) is 4.48. The molecule has 6 heteroatoms. The molecule has 0 spiro atoms. The van der Waals surface area contributed by atoms with Gasteiger partial charge in [0.25, 0.3) is 5.91 Å². The summed E-state index contributed by atoms with van der Waals surface area (Å²) in [5, 5.41) is 6.97. The van der Waals surface area contributed by atoms with E-state index >= 15 is 0 Å². The molecular formula is C14H19N5O. The Balaban J connectivity index is 1.95. The summed E-state index contributed by atoms with van der Waals surface area (Å²) < 4.78 is 1.74. The van der Waals surface area contributed by atoms with Crippen molar-refractivity contribution in [2.75, 3.05) is 12.0 Å². The SMILES string of the molecule is Cc1ccc(C(=O)NCCc2cnn(C)c2)c(NN)c1. The van der Waals surface area contributed by atoms with Gasteiger partial charge in [0.1, 0.15) is 0 Å². The smallest absolute Gasteiger partial charge is 0.253 e. The maximum Gasteiger partial charge on any atom is 0.253 e. The van der Waals surface area contributed by atoms with Crippen LogP contribution in [0.1, 0.15) is 21.5 Å². The number of nitrogens with one attached hydrogen (secondary N) is 2. The van der Waals surface area contributed by atoms with Crippen molar-refractivity contribution in [2.45, 2.75) is 13.3 Å². The molecule has 0 aliphatic rings. The van der Waals surface area contributed by atoms with Gasteiger partial charge in [-0.25, -0.2) is 0 Å². The molecule has 0 bridgehead atoms. The summed E-state index contributed by atoms with van der Waals surface area (Å²) in [6, 6.07) is 5.50. The number of rotatable bonds is 5. The molecular weight excluding hydrogens is 254 g/mol. The van der Waals surface area contributed by atoms with Gasteiger partial charge in [-0.1, -0.05) is 6.07 Å². The fourth-order valence-electron chi connectivity index (χ4n) is 1.99. The minimum atomic E-state index is -0.137. The van der Waals surface area contributed by atoms with Crippen molar-refractivity contribution in [1.82, 2.24) is 15.1 Å². The predicted molar refractivity (Wildman–Crippen MR) is 78.2 cm³/mol. The third kappa shape index (κ3) is 3.36. The van der Waals surface area contributed by atoms with Gasteiger partial charge in [0.15, 0.2) is 0 Å². The summed E-state index contributed by atoms with van der Waals surface area (Å²) in [6.45, 7) is 2.51. The van der Waals surface area contributed by atoms with Crippen LogP contribution in [-0.2, 0) is 13.5 Å². The zero-order valence-corrected chi connectivity index (χ0v) is 11.7. The van der Waals surface area contributed by atoms with Crippen LogP contribution in [-0.4, -0.2) is 22.2 Å². The summed E-state index contributed by atoms with van der Waals surface area (Å²) in [5.74, 6) is 5.30. The fourth-order valence-corrected chi connectivity index (χ4v) is 1.99. The van der Waals surface area contributed by atoms with Crippen LogP contribution in [0.5, 0.6) is 0 Å². The number of hydrogen-bond acceptors (Lipinski definition) is 4. The lowest BCUT2D eigenvalue weighted by atomic mass is 10.1. The molecule has 20 heavy (non-hydrogen) atoms. The monoisotopic (exact) mass is 273 g/mol. The molecule has 0 aliphatic heterocycles. The van der Waals surface area contributed by atoms with Gasteiger partial charge in [-0.3, -0.25) is 15.3 Å². The van der Waals surface area contributed by atoms with Gasteiger partial charge in [-0.05, 0) is 36.6 Å². The lowest BCUT2D eigenvalue weighted by molar-refractivity contribution is 0.0955. The summed E-state index contributed by atoms with van der Waals surface area (Å²) in [4.78, 5) is 12.1. The first-order valence-electron chi connectivity index (χ1n) is 6.43. The maximum atomic E-state index is 12.1. The Labute approximate surface area is 117 Å². The van der Waals surface area contributed by atoms with E-state index in [4.69, 9.17) is 5.84 Å². The van der Waals surface area contributed by atoms with E-state index in [-0.39, 0.29) is 5.91 Å². The molecule has 0 fully saturated rings. The molecule has 1 amide bonds. The van der Waals surface area contributed by atoms with Crippen molar-refractivity contribution in [3.8, 4) is 0 Å². The third-order valence-electron chi connectivity index (χ3n) is 3.03. The maximum absolute atomic E-state index is 12.1. The predicted octanol–water partition coefficient (Wildman–Crippen LogP) is 0.987. The Hall–Kier alpha value is -2.34. The second kappa shape index (κ2) is 6.21. The highest BCUT2D eigenvalue weighted by molar-refractivity contribution is 5.99. The number of aromatic nitrogens is 2. The van der Waals surface area contributed by atoms with E-state index in [1.807, 2.05) is 32.3 Å². The van der Waals surface area contributed by atoms with Crippen molar-refractivity contribution < 1.29 is 4.79 Å². The number of carbonyl (C=O) groups is 1. The van der Waals surface area contributed by atoms with Gasteiger partial charge in [-0.15, -0.1) is 0 Å². The molecule has 0 unspecified atom stereocenters. The van der Waals surface area contributed by atoms with E-state index in [1.54, 1.807) is 16.9 Å². The number of benzene rings is 1. The fraction of sp³-hybridized carbons (Fsp3) is 0.286. The lowest BCUT2D eigenvalue weighted by Gasteiger charge is -2.10. The lowest BCUT2D eigenvalue weighted by Crippen LogP contribution is -2.27. The molecule has 2 rings (SSSR count). The molecule has 1 aromatic carbocycles. The van der Waals surface area contributed by atoms with E-state index in [0.717, 1.165) is 17.5 Å². The van der Waals surface area contributed by atoms with Gasteiger partial charge >= 0.3 is 0 Å². The van der Waals surface area contributed by atoms with Gasteiger partial charge in [0.05, 0.1) is 17.4 Å². The van der Waals surface area contributed by atoms with Crippen LogP contribution in [0.3, 0.4) is 0 Å².